The molecule has 0 radical (unpaired) electrons. The molecule has 2 aromatic rings. The van der Waals surface area contributed by atoms with E-state index in [1.807, 2.05) is 31.2 Å². The van der Waals surface area contributed by atoms with Crippen LogP contribution in [-0.2, 0) is 0 Å². The number of hydrazine groups is 1. The lowest BCUT2D eigenvalue weighted by Gasteiger charge is -2.20. The minimum Gasteiger partial charge on any atom is -0.271 e. The molecule has 5 heteroatoms. The molecule has 0 spiro atoms. The molecular weight excluding hydrogens is 347 g/mol. The zero-order chi connectivity index (χ0) is 14.0. The quantitative estimate of drug-likeness (QED) is 0.620. The third-order valence-electron chi connectivity index (χ3n) is 2.90. The van der Waals surface area contributed by atoms with Gasteiger partial charge in [-0.3, -0.25) is 5.84 Å². The van der Waals surface area contributed by atoms with Crippen LogP contribution in [0, 0.1) is 6.92 Å². The van der Waals surface area contributed by atoms with Gasteiger partial charge in [0.15, 0.2) is 0 Å². The summed E-state index contributed by atoms with van der Waals surface area (Å²) in [5.41, 5.74) is 5.82. The predicted octanol–water partition coefficient (Wildman–Crippen LogP) is 4.62. The minimum absolute atomic E-state index is 0.221. The van der Waals surface area contributed by atoms with Crippen molar-refractivity contribution in [2.24, 2.45) is 5.84 Å². The highest BCUT2D eigenvalue weighted by molar-refractivity contribution is 9.10. The summed E-state index contributed by atoms with van der Waals surface area (Å²) >= 11 is 15.8. The van der Waals surface area contributed by atoms with Crippen molar-refractivity contribution in [2.45, 2.75) is 13.0 Å². The Kier molecular flexibility index (Phi) is 4.87. The molecule has 2 aromatic carbocycles. The van der Waals surface area contributed by atoms with E-state index < -0.39 is 0 Å². The Balaban J connectivity index is 2.52. The molecule has 3 N–H and O–H groups in total. The molecule has 0 saturated carbocycles. The fourth-order valence-corrected chi connectivity index (χ4v) is 3.08. The topological polar surface area (TPSA) is 38.0 Å². The van der Waals surface area contributed by atoms with Gasteiger partial charge in [-0.2, -0.15) is 0 Å². The molecule has 0 bridgehead atoms. The van der Waals surface area contributed by atoms with Crippen molar-refractivity contribution in [3.05, 3.63) is 67.6 Å². The van der Waals surface area contributed by atoms with Crippen LogP contribution in [0.2, 0.25) is 10.0 Å². The largest absolute Gasteiger partial charge is 0.271 e. The molecule has 0 fully saturated rings. The first kappa shape index (κ1) is 14.8. The highest BCUT2D eigenvalue weighted by Gasteiger charge is 2.18. The van der Waals surface area contributed by atoms with Crippen LogP contribution < -0.4 is 11.3 Å². The zero-order valence-corrected chi connectivity index (χ0v) is 13.4. The number of benzene rings is 2. The first-order chi connectivity index (χ1) is 9.02. The molecule has 100 valence electrons. The summed E-state index contributed by atoms with van der Waals surface area (Å²) in [6.07, 6.45) is 0. The smallest absolute Gasteiger partial charge is 0.0735 e. The Bertz CT molecular complexity index is 602. The monoisotopic (exact) mass is 358 g/mol. The van der Waals surface area contributed by atoms with Gasteiger partial charge in [-0.15, -0.1) is 0 Å². The molecule has 0 amide bonds. The van der Waals surface area contributed by atoms with Gasteiger partial charge in [0.2, 0.25) is 0 Å². The number of nitrogens with one attached hydrogen (secondary N) is 1. The maximum atomic E-state index is 6.23. The van der Waals surface area contributed by atoms with Crippen LogP contribution in [0.5, 0.6) is 0 Å². The van der Waals surface area contributed by atoms with Crippen molar-refractivity contribution in [2.75, 3.05) is 0 Å². The second kappa shape index (κ2) is 6.25. The molecule has 0 aliphatic heterocycles. The number of rotatable bonds is 3. The number of nitrogens with two attached hydrogens (primary N) is 1. The van der Waals surface area contributed by atoms with Gasteiger partial charge in [0.1, 0.15) is 0 Å². The molecule has 2 nitrogen and oxygen atoms in total. The van der Waals surface area contributed by atoms with Crippen LogP contribution in [-0.4, -0.2) is 0 Å². The van der Waals surface area contributed by atoms with Gasteiger partial charge in [0.05, 0.1) is 6.04 Å². The predicted molar refractivity (Wildman–Crippen MR) is 84.5 cm³/mol. The summed E-state index contributed by atoms with van der Waals surface area (Å²) in [7, 11) is 0. The fraction of sp³-hybridized carbons (Fsp3) is 0.143. The van der Waals surface area contributed by atoms with Crippen molar-refractivity contribution in [3.8, 4) is 0 Å². The van der Waals surface area contributed by atoms with Gasteiger partial charge in [0.25, 0.3) is 0 Å². The molecule has 0 aromatic heterocycles. The Hall–Kier alpha value is -0.580. The van der Waals surface area contributed by atoms with E-state index in [9.17, 15) is 0 Å². The lowest BCUT2D eigenvalue weighted by atomic mass is 9.98. The first-order valence-electron chi connectivity index (χ1n) is 5.70. The van der Waals surface area contributed by atoms with Crippen LogP contribution in [0.3, 0.4) is 0 Å². The Morgan fingerprint density at radius 2 is 1.84 bits per heavy atom. The Labute approximate surface area is 131 Å². The van der Waals surface area contributed by atoms with E-state index in [-0.39, 0.29) is 6.04 Å². The summed E-state index contributed by atoms with van der Waals surface area (Å²) in [6, 6.07) is 11.2. The highest BCUT2D eigenvalue weighted by Crippen LogP contribution is 2.33. The van der Waals surface area contributed by atoms with Crippen LogP contribution in [0.15, 0.2) is 40.9 Å². The van der Waals surface area contributed by atoms with Gasteiger partial charge in [-0.1, -0.05) is 51.3 Å². The molecule has 0 saturated heterocycles. The van der Waals surface area contributed by atoms with E-state index in [0.717, 1.165) is 15.6 Å². The Morgan fingerprint density at radius 1 is 1.11 bits per heavy atom. The van der Waals surface area contributed by atoms with Crippen molar-refractivity contribution in [1.82, 2.24) is 5.43 Å². The zero-order valence-electron chi connectivity index (χ0n) is 10.3. The average Bonchev–Trinajstić information content (AvgIpc) is 2.36. The standard InChI is InChI=1S/C14H13BrCl2N2/c1-8-2-4-10(12(15)6-8)14(19-18)11-7-9(16)3-5-13(11)17/h2-7,14,19H,18H2,1H3. The van der Waals surface area contributed by atoms with Crippen LogP contribution in [0.4, 0.5) is 0 Å². The summed E-state index contributed by atoms with van der Waals surface area (Å²) in [5, 5.41) is 1.25. The van der Waals surface area contributed by atoms with Crippen LogP contribution in [0.25, 0.3) is 0 Å². The maximum absolute atomic E-state index is 6.23. The van der Waals surface area contributed by atoms with E-state index in [1.165, 1.54) is 5.56 Å². The third-order valence-corrected chi connectivity index (χ3v) is 4.17. The van der Waals surface area contributed by atoms with E-state index in [1.54, 1.807) is 12.1 Å². The molecule has 19 heavy (non-hydrogen) atoms. The molecular formula is C14H13BrCl2N2. The number of hydrogen-bond donors (Lipinski definition) is 2. The van der Waals surface area contributed by atoms with E-state index >= 15 is 0 Å². The Morgan fingerprint density at radius 3 is 2.47 bits per heavy atom. The normalized spacial score (nSPS) is 12.5. The van der Waals surface area contributed by atoms with E-state index in [2.05, 4.69) is 21.4 Å². The fourth-order valence-electron chi connectivity index (χ4n) is 1.95. The van der Waals surface area contributed by atoms with Gasteiger partial charge in [0, 0.05) is 14.5 Å². The molecule has 2 rings (SSSR count). The summed E-state index contributed by atoms with van der Waals surface area (Å²) in [6.45, 7) is 2.03. The second-order valence-electron chi connectivity index (χ2n) is 4.29. The van der Waals surface area contributed by atoms with Crippen molar-refractivity contribution in [3.63, 3.8) is 0 Å². The SMILES string of the molecule is Cc1ccc(C(NN)c2cc(Cl)ccc2Cl)c(Br)c1. The number of halogens is 3. The maximum Gasteiger partial charge on any atom is 0.0735 e. The minimum atomic E-state index is -0.221. The van der Waals surface area contributed by atoms with Gasteiger partial charge < -0.3 is 0 Å². The van der Waals surface area contributed by atoms with Gasteiger partial charge in [-0.25, -0.2) is 5.43 Å². The van der Waals surface area contributed by atoms with Crippen molar-refractivity contribution in [1.29, 1.82) is 0 Å². The summed E-state index contributed by atoms with van der Waals surface area (Å²) < 4.78 is 0.978. The second-order valence-corrected chi connectivity index (χ2v) is 5.99. The van der Waals surface area contributed by atoms with Crippen LogP contribution >= 0.6 is 39.1 Å². The lowest BCUT2D eigenvalue weighted by Crippen LogP contribution is -2.29. The number of hydrogen-bond acceptors (Lipinski definition) is 2. The molecule has 1 atom stereocenters. The average molecular weight is 360 g/mol. The van der Waals surface area contributed by atoms with Crippen molar-refractivity contribution >= 4 is 39.1 Å². The highest BCUT2D eigenvalue weighted by atomic mass is 79.9. The van der Waals surface area contributed by atoms with Gasteiger partial charge in [-0.05, 0) is 47.9 Å². The lowest BCUT2D eigenvalue weighted by molar-refractivity contribution is 0.634. The van der Waals surface area contributed by atoms with Crippen molar-refractivity contribution < 1.29 is 0 Å². The summed E-state index contributed by atoms with van der Waals surface area (Å²) in [4.78, 5) is 0. The molecule has 0 heterocycles. The van der Waals surface area contributed by atoms with Crippen LogP contribution in [0.1, 0.15) is 22.7 Å². The molecule has 0 aliphatic rings. The third kappa shape index (κ3) is 3.30. The first-order valence-corrected chi connectivity index (χ1v) is 7.25. The van der Waals surface area contributed by atoms with E-state index in [4.69, 9.17) is 29.0 Å². The van der Waals surface area contributed by atoms with Gasteiger partial charge >= 0.3 is 0 Å². The summed E-state index contributed by atoms with van der Waals surface area (Å²) in [5.74, 6) is 5.69. The number of aryl methyl sites for hydroxylation is 1. The molecule has 1 unspecified atom stereocenters. The molecule has 0 aliphatic carbocycles. The van der Waals surface area contributed by atoms with E-state index in [0.29, 0.717) is 10.0 Å².